The van der Waals surface area contributed by atoms with Crippen LogP contribution in [0.1, 0.15) is 25.7 Å². The molecule has 0 spiro atoms. The van der Waals surface area contributed by atoms with E-state index < -0.39 is 36.8 Å². The van der Waals surface area contributed by atoms with Crippen molar-refractivity contribution in [1.82, 2.24) is 12.9 Å². The molecule has 3 rings (SSSR count). The fourth-order valence-electron chi connectivity index (χ4n) is 3.40. The summed E-state index contributed by atoms with van der Waals surface area (Å²) in [5.41, 5.74) is 0. The second-order valence-electron chi connectivity index (χ2n) is 6.70. The molecular formula is C16H23F2N3O4S2. The van der Waals surface area contributed by atoms with Gasteiger partial charge >= 0.3 is 0 Å². The fourth-order valence-corrected chi connectivity index (χ4v) is 6.54. The molecule has 0 bridgehead atoms. The van der Waals surface area contributed by atoms with Crippen LogP contribution >= 0.6 is 0 Å². The van der Waals surface area contributed by atoms with Gasteiger partial charge in [0.1, 0.15) is 16.5 Å². The first-order valence-corrected chi connectivity index (χ1v) is 11.8. The van der Waals surface area contributed by atoms with Gasteiger partial charge in [-0.15, -0.1) is 0 Å². The summed E-state index contributed by atoms with van der Waals surface area (Å²) in [7, 11) is -7.79. The zero-order chi connectivity index (χ0) is 19.7. The van der Waals surface area contributed by atoms with Gasteiger partial charge in [0.25, 0.3) is 10.2 Å². The van der Waals surface area contributed by atoms with E-state index in [1.807, 2.05) is 0 Å². The Morgan fingerprint density at radius 2 is 1.22 bits per heavy atom. The van der Waals surface area contributed by atoms with Crippen molar-refractivity contribution in [3.8, 4) is 0 Å². The van der Waals surface area contributed by atoms with Crippen molar-refractivity contribution in [2.45, 2.75) is 30.6 Å². The molecule has 0 saturated carbocycles. The highest BCUT2D eigenvalue weighted by Crippen LogP contribution is 2.23. The standard InChI is InChI=1S/C16H23F2N3O4S2/c17-14-5-6-16(15(18)13-14)26(22,23)19-9-11-21(12-10-19)27(24,25)20-7-3-1-2-4-8-20/h5-6,13H,1-4,7-12H2. The minimum absolute atomic E-state index is 0.000870. The molecule has 0 atom stereocenters. The molecule has 2 heterocycles. The van der Waals surface area contributed by atoms with Gasteiger partial charge < -0.3 is 0 Å². The van der Waals surface area contributed by atoms with E-state index >= 15 is 0 Å². The summed E-state index contributed by atoms with van der Waals surface area (Å²) in [6, 6.07) is 2.29. The van der Waals surface area contributed by atoms with Gasteiger partial charge in [0.05, 0.1) is 0 Å². The number of sulfonamides is 1. The van der Waals surface area contributed by atoms with Crippen LogP contribution in [0.5, 0.6) is 0 Å². The van der Waals surface area contributed by atoms with Gasteiger partial charge in [-0.3, -0.25) is 0 Å². The molecule has 1 aromatic rings. The molecule has 2 aliphatic rings. The maximum Gasteiger partial charge on any atom is 0.282 e. The van der Waals surface area contributed by atoms with Crippen LogP contribution in [0.4, 0.5) is 8.78 Å². The Bertz CT molecular complexity index is 877. The third kappa shape index (κ3) is 4.32. The van der Waals surface area contributed by atoms with Crippen molar-refractivity contribution in [1.29, 1.82) is 0 Å². The number of nitrogens with zero attached hydrogens (tertiary/aromatic N) is 3. The molecule has 0 aliphatic carbocycles. The van der Waals surface area contributed by atoms with Crippen molar-refractivity contribution >= 4 is 20.2 Å². The lowest BCUT2D eigenvalue weighted by Gasteiger charge is -2.36. The van der Waals surface area contributed by atoms with Gasteiger partial charge in [-0.05, 0) is 25.0 Å². The summed E-state index contributed by atoms with van der Waals surface area (Å²) in [4.78, 5) is -0.604. The first-order chi connectivity index (χ1) is 12.7. The molecule has 2 fully saturated rings. The summed E-state index contributed by atoms with van der Waals surface area (Å²) in [5, 5.41) is 0. The lowest BCUT2D eigenvalue weighted by atomic mass is 10.2. The summed E-state index contributed by atoms with van der Waals surface area (Å²) >= 11 is 0. The van der Waals surface area contributed by atoms with Crippen LogP contribution in [0, 0.1) is 11.6 Å². The van der Waals surface area contributed by atoms with Crippen molar-refractivity contribution in [2.75, 3.05) is 39.3 Å². The van der Waals surface area contributed by atoms with E-state index in [1.165, 1.54) is 8.61 Å². The van der Waals surface area contributed by atoms with Gasteiger partial charge in [0, 0.05) is 45.3 Å². The van der Waals surface area contributed by atoms with Crippen molar-refractivity contribution in [3.63, 3.8) is 0 Å². The first kappa shape index (κ1) is 20.6. The number of piperazine rings is 1. The van der Waals surface area contributed by atoms with E-state index in [-0.39, 0.29) is 26.2 Å². The molecule has 1 aromatic carbocycles. The van der Waals surface area contributed by atoms with E-state index in [1.54, 1.807) is 0 Å². The Balaban J connectivity index is 1.71. The summed E-state index contributed by atoms with van der Waals surface area (Å²) in [6.45, 7) is 0.795. The first-order valence-electron chi connectivity index (χ1n) is 8.93. The SMILES string of the molecule is O=S(=O)(c1ccc(F)cc1F)N1CCN(S(=O)(=O)N2CCCCCC2)CC1. The van der Waals surface area contributed by atoms with Gasteiger partial charge in [-0.1, -0.05) is 12.8 Å². The fraction of sp³-hybridized carbons (Fsp3) is 0.625. The summed E-state index contributed by atoms with van der Waals surface area (Å²) in [5.74, 6) is -2.02. The Morgan fingerprint density at radius 3 is 1.78 bits per heavy atom. The van der Waals surface area contributed by atoms with Crippen LogP contribution in [-0.4, -0.2) is 69.0 Å². The smallest absolute Gasteiger partial charge is 0.207 e. The number of rotatable bonds is 4. The zero-order valence-electron chi connectivity index (χ0n) is 14.9. The zero-order valence-corrected chi connectivity index (χ0v) is 16.5. The number of hydrogen-bond donors (Lipinski definition) is 0. The number of hydrogen-bond acceptors (Lipinski definition) is 4. The van der Waals surface area contributed by atoms with Crippen LogP contribution in [0.3, 0.4) is 0 Å². The molecule has 7 nitrogen and oxygen atoms in total. The van der Waals surface area contributed by atoms with Crippen LogP contribution in [0.2, 0.25) is 0 Å². The molecule has 152 valence electrons. The van der Waals surface area contributed by atoms with E-state index in [4.69, 9.17) is 0 Å². The Labute approximate surface area is 158 Å². The third-order valence-corrected chi connectivity index (χ3v) is 8.89. The highest BCUT2D eigenvalue weighted by molar-refractivity contribution is 7.89. The van der Waals surface area contributed by atoms with Crippen LogP contribution in [-0.2, 0) is 20.2 Å². The molecule has 0 amide bonds. The molecule has 0 aromatic heterocycles. The molecule has 27 heavy (non-hydrogen) atoms. The summed E-state index contributed by atoms with van der Waals surface area (Å²) in [6.07, 6.45) is 3.64. The molecule has 2 saturated heterocycles. The van der Waals surface area contributed by atoms with Gasteiger partial charge in [0.15, 0.2) is 0 Å². The third-order valence-electron chi connectivity index (χ3n) is 4.93. The van der Waals surface area contributed by atoms with Gasteiger partial charge in [-0.2, -0.15) is 21.3 Å². The molecule has 11 heteroatoms. The van der Waals surface area contributed by atoms with Crippen LogP contribution in [0.15, 0.2) is 23.1 Å². The number of halogens is 2. The van der Waals surface area contributed by atoms with Crippen molar-refractivity contribution in [3.05, 3.63) is 29.8 Å². The average Bonchev–Trinajstić information content (AvgIpc) is 2.91. The van der Waals surface area contributed by atoms with Crippen LogP contribution < -0.4 is 0 Å². The quantitative estimate of drug-likeness (QED) is 0.733. The highest BCUT2D eigenvalue weighted by Gasteiger charge is 2.36. The maximum absolute atomic E-state index is 13.9. The molecule has 0 unspecified atom stereocenters. The second-order valence-corrected chi connectivity index (χ2v) is 10.5. The van der Waals surface area contributed by atoms with E-state index in [0.29, 0.717) is 19.2 Å². The Hall–Kier alpha value is -1.14. The minimum atomic E-state index is -4.15. The Morgan fingerprint density at radius 1 is 0.704 bits per heavy atom. The molecule has 2 aliphatic heterocycles. The molecule has 0 radical (unpaired) electrons. The van der Waals surface area contributed by atoms with Crippen molar-refractivity contribution in [2.24, 2.45) is 0 Å². The lowest BCUT2D eigenvalue weighted by Crippen LogP contribution is -2.54. The van der Waals surface area contributed by atoms with Gasteiger partial charge in [0.2, 0.25) is 10.0 Å². The van der Waals surface area contributed by atoms with Crippen LogP contribution in [0.25, 0.3) is 0 Å². The average molecular weight is 424 g/mol. The largest absolute Gasteiger partial charge is 0.282 e. The van der Waals surface area contributed by atoms with E-state index in [2.05, 4.69) is 0 Å². The predicted octanol–water partition coefficient (Wildman–Crippen LogP) is 1.39. The minimum Gasteiger partial charge on any atom is -0.207 e. The second kappa shape index (κ2) is 8.08. The molecular weight excluding hydrogens is 400 g/mol. The normalized spacial score (nSPS) is 21.9. The molecule has 0 N–H and O–H groups in total. The van der Waals surface area contributed by atoms with Gasteiger partial charge in [-0.25, -0.2) is 17.2 Å². The van der Waals surface area contributed by atoms with E-state index in [0.717, 1.165) is 42.1 Å². The van der Waals surface area contributed by atoms with E-state index in [9.17, 15) is 25.6 Å². The maximum atomic E-state index is 13.9. The monoisotopic (exact) mass is 423 g/mol. The Kier molecular flexibility index (Phi) is 6.16. The van der Waals surface area contributed by atoms with Crippen molar-refractivity contribution < 1.29 is 25.6 Å². The summed E-state index contributed by atoms with van der Waals surface area (Å²) < 4.78 is 81.5. The predicted molar refractivity (Wildman–Crippen MR) is 95.7 cm³/mol. The topological polar surface area (TPSA) is 78.0 Å². The number of benzene rings is 1. The highest BCUT2D eigenvalue weighted by atomic mass is 32.2. The lowest BCUT2D eigenvalue weighted by molar-refractivity contribution is 0.254.